The van der Waals surface area contributed by atoms with Gasteiger partial charge in [0.15, 0.2) is 0 Å². The second-order valence-electron chi connectivity index (χ2n) is 13.1. The molecular formula is C30H50N4O7. The SMILES string of the molecule is CCNC(=O)C(=O)C(CC1CC1)NC(=O)C1[C@@H](CC(C)O)CCN1C(=O)C(NC(=O)OC(C)(C)C)C1CCCCC1. The fourth-order valence-corrected chi connectivity index (χ4v) is 6.19. The van der Waals surface area contributed by atoms with Gasteiger partial charge >= 0.3 is 6.09 Å². The lowest BCUT2D eigenvalue weighted by atomic mass is 9.83. The molecule has 0 aromatic rings. The third-order valence-electron chi connectivity index (χ3n) is 8.24. The number of likely N-dealkylation sites (tertiary alicyclic amines) is 1. The second-order valence-corrected chi connectivity index (χ2v) is 13.1. The van der Waals surface area contributed by atoms with Gasteiger partial charge < -0.3 is 30.7 Å². The number of rotatable bonds is 12. The van der Waals surface area contributed by atoms with Crippen LogP contribution in [0.2, 0.25) is 0 Å². The van der Waals surface area contributed by atoms with E-state index in [0.717, 1.165) is 44.9 Å². The van der Waals surface area contributed by atoms with Crippen molar-refractivity contribution >= 4 is 29.6 Å². The number of amides is 4. The van der Waals surface area contributed by atoms with Gasteiger partial charge in [-0.15, -0.1) is 0 Å². The molecule has 3 aliphatic rings. The Morgan fingerprint density at radius 3 is 2.17 bits per heavy atom. The summed E-state index contributed by atoms with van der Waals surface area (Å²) in [6, 6.07) is -2.78. The summed E-state index contributed by atoms with van der Waals surface area (Å²) in [6.45, 7) is 9.20. The average molecular weight is 579 g/mol. The molecule has 3 rings (SSSR count). The average Bonchev–Trinajstić information content (AvgIpc) is 3.62. The molecule has 1 heterocycles. The Morgan fingerprint density at radius 1 is 0.951 bits per heavy atom. The number of carbonyl (C=O) groups excluding carboxylic acids is 5. The second kappa shape index (κ2) is 14.5. The molecule has 3 fully saturated rings. The van der Waals surface area contributed by atoms with Crippen LogP contribution in [-0.2, 0) is 23.9 Å². The molecule has 0 aromatic heterocycles. The van der Waals surface area contributed by atoms with E-state index in [1.165, 1.54) is 4.90 Å². The van der Waals surface area contributed by atoms with E-state index in [2.05, 4.69) is 16.0 Å². The van der Waals surface area contributed by atoms with Gasteiger partial charge in [0.1, 0.15) is 17.7 Å². The summed E-state index contributed by atoms with van der Waals surface area (Å²) >= 11 is 0. The smallest absolute Gasteiger partial charge is 0.408 e. The Hall–Kier alpha value is -2.69. The predicted octanol–water partition coefficient (Wildman–Crippen LogP) is 2.44. The summed E-state index contributed by atoms with van der Waals surface area (Å²) in [6.07, 6.45) is 6.18. The van der Waals surface area contributed by atoms with Gasteiger partial charge in [0, 0.05) is 13.1 Å². The first-order valence-corrected chi connectivity index (χ1v) is 15.4. The van der Waals surface area contributed by atoms with Gasteiger partial charge in [-0.1, -0.05) is 32.1 Å². The fraction of sp³-hybridized carbons (Fsp3) is 0.833. The molecule has 4 amide bonds. The van der Waals surface area contributed by atoms with Gasteiger partial charge in [-0.3, -0.25) is 19.2 Å². The quantitative estimate of drug-likeness (QED) is 0.259. The van der Waals surface area contributed by atoms with Gasteiger partial charge in [0.2, 0.25) is 17.6 Å². The third-order valence-corrected chi connectivity index (χ3v) is 8.24. The maximum absolute atomic E-state index is 14.2. The van der Waals surface area contributed by atoms with E-state index >= 15 is 0 Å². The molecule has 1 aliphatic heterocycles. The highest BCUT2D eigenvalue weighted by molar-refractivity contribution is 6.38. The molecule has 4 unspecified atom stereocenters. The van der Waals surface area contributed by atoms with Crippen LogP contribution in [0.15, 0.2) is 0 Å². The molecule has 0 aromatic carbocycles. The number of aliphatic hydroxyl groups excluding tert-OH is 1. The van der Waals surface area contributed by atoms with Gasteiger partial charge in [-0.2, -0.15) is 0 Å². The number of hydrogen-bond acceptors (Lipinski definition) is 7. The molecule has 41 heavy (non-hydrogen) atoms. The molecule has 2 aliphatic carbocycles. The molecule has 4 N–H and O–H groups in total. The van der Waals surface area contributed by atoms with Crippen molar-refractivity contribution in [3.05, 3.63) is 0 Å². The zero-order chi connectivity index (χ0) is 30.3. The maximum Gasteiger partial charge on any atom is 0.408 e. The van der Waals surface area contributed by atoms with Crippen molar-refractivity contribution in [1.29, 1.82) is 0 Å². The van der Waals surface area contributed by atoms with Crippen molar-refractivity contribution in [2.24, 2.45) is 17.8 Å². The number of hydrogen-bond donors (Lipinski definition) is 4. The minimum atomic E-state index is -0.986. The number of ether oxygens (including phenoxy) is 1. The van der Waals surface area contributed by atoms with Crippen molar-refractivity contribution in [2.45, 2.75) is 129 Å². The summed E-state index contributed by atoms with van der Waals surface area (Å²) < 4.78 is 5.48. The topological polar surface area (TPSA) is 154 Å². The van der Waals surface area contributed by atoms with E-state index in [4.69, 9.17) is 4.74 Å². The highest BCUT2D eigenvalue weighted by Crippen LogP contribution is 2.35. The van der Waals surface area contributed by atoms with E-state index in [9.17, 15) is 29.1 Å². The maximum atomic E-state index is 14.2. The van der Waals surface area contributed by atoms with Crippen LogP contribution in [0.25, 0.3) is 0 Å². The first kappa shape index (κ1) is 32.8. The first-order valence-electron chi connectivity index (χ1n) is 15.4. The number of alkyl carbamates (subject to hydrolysis) is 1. The van der Waals surface area contributed by atoms with Crippen LogP contribution >= 0.6 is 0 Å². The van der Waals surface area contributed by atoms with Crippen LogP contribution in [0, 0.1) is 17.8 Å². The summed E-state index contributed by atoms with van der Waals surface area (Å²) in [5, 5.41) is 18.3. The molecule has 232 valence electrons. The molecule has 0 bridgehead atoms. The van der Waals surface area contributed by atoms with Crippen LogP contribution in [0.3, 0.4) is 0 Å². The Labute approximate surface area is 243 Å². The van der Waals surface area contributed by atoms with Crippen molar-refractivity contribution < 1.29 is 33.8 Å². The van der Waals surface area contributed by atoms with Crippen molar-refractivity contribution in [3.8, 4) is 0 Å². The lowest BCUT2D eigenvalue weighted by Gasteiger charge is -2.36. The third kappa shape index (κ3) is 9.68. The number of nitrogens with one attached hydrogen (secondary N) is 3. The highest BCUT2D eigenvalue weighted by Gasteiger charge is 2.47. The van der Waals surface area contributed by atoms with E-state index in [0.29, 0.717) is 25.8 Å². The Bertz CT molecular complexity index is 953. The van der Waals surface area contributed by atoms with Gasteiger partial charge in [0.25, 0.3) is 5.91 Å². The molecule has 2 saturated carbocycles. The van der Waals surface area contributed by atoms with E-state index in [1.807, 2.05) is 0 Å². The van der Waals surface area contributed by atoms with Gasteiger partial charge in [0.05, 0.1) is 12.1 Å². The monoisotopic (exact) mass is 578 g/mol. The molecule has 0 spiro atoms. The van der Waals surface area contributed by atoms with Crippen LogP contribution in [0.1, 0.15) is 98.8 Å². The summed E-state index contributed by atoms with van der Waals surface area (Å²) in [4.78, 5) is 67.7. The number of nitrogens with zero attached hydrogens (tertiary/aromatic N) is 1. The number of Topliss-reactive ketones (excluding diaryl/α,β-unsaturated/α-hetero) is 1. The largest absolute Gasteiger partial charge is 0.444 e. The fourth-order valence-electron chi connectivity index (χ4n) is 6.19. The zero-order valence-electron chi connectivity index (χ0n) is 25.4. The number of ketones is 1. The Balaban J connectivity index is 1.86. The summed E-state index contributed by atoms with van der Waals surface area (Å²) in [5.74, 6) is -2.46. The molecule has 1 saturated heterocycles. The molecule has 0 radical (unpaired) electrons. The van der Waals surface area contributed by atoms with Crippen LogP contribution in [0.5, 0.6) is 0 Å². The van der Waals surface area contributed by atoms with Crippen LogP contribution < -0.4 is 16.0 Å². The van der Waals surface area contributed by atoms with Crippen molar-refractivity contribution in [1.82, 2.24) is 20.9 Å². The predicted molar refractivity (Wildman–Crippen MR) is 153 cm³/mol. The molecule has 11 heteroatoms. The van der Waals surface area contributed by atoms with Crippen molar-refractivity contribution in [2.75, 3.05) is 13.1 Å². The van der Waals surface area contributed by atoms with Crippen molar-refractivity contribution in [3.63, 3.8) is 0 Å². The molecule has 5 atom stereocenters. The molecule has 11 nitrogen and oxygen atoms in total. The zero-order valence-corrected chi connectivity index (χ0v) is 25.4. The number of likely N-dealkylation sites (N-methyl/N-ethyl adjacent to an activating group) is 1. The van der Waals surface area contributed by atoms with E-state index in [1.54, 1.807) is 34.6 Å². The number of carbonyl (C=O) groups is 5. The lowest BCUT2D eigenvalue weighted by molar-refractivity contribution is -0.144. The van der Waals surface area contributed by atoms with Gasteiger partial charge in [-0.05, 0) is 84.5 Å². The summed E-state index contributed by atoms with van der Waals surface area (Å²) in [7, 11) is 0. The highest BCUT2D eigenvalue weighted by atomic mass is 16.6. The normalized spacial score (nSPS) is 23.7. The first-order chi connectivity index (χ1) is 19.3. The Kier molecular flexibility index (Phi) is 11.6. The summed E-state index contributed by atoms with van der Waals surface area (Å²) in [5.41, 5.74) is -0.740. The van der Waals surface area contributed by atoms with E-state index < -0.39 is 53.5 Å². The van der Waals surface area contributed by atoms with Gasteiger partial charge in [-0.25, -0.2) is 4.79 Å². The Morgan fingerprint density at radius 2 is 1.61 bits per heavy atom. The standard InChI is InChI=1S/C30H50N4O7/c1-6-31-27(38)25(36)22(17-19-12-13-19)32-26(37)24-21(16-18(2)35)14-15-34(24)28(39)23(20-10-8-7-9-11-20)33-29(40)41-30(3,4)5/h18-24,35H,6-17H2,1-5H3,(H,31,38)(H,32,37)(H,33,40)/t18?,21-,22?,23?,24?/m1/s1. The molecular weight excluding hydrogens is 528 g/mol. The lowest BCUT2D eigenvalue weighted by Crippen LogP contribution is -2.59. The number of aliphatic hydroxyl groups is 1. The van der Waals surface area contributed by atoms with Crippen LogP contribution in [-0.4, -0.2) is 82.5 Å². The minimum absolute atomic E-state index is 0.0924. The minimum Gasteiger partial charge on any atom is -0.444 e. The van der Waals surface area contributed by atoms with Crippen LogP contribution in [0.4, 0.5) is 4.79 Å². The van der Waals surface area contributed by atoms with E-state index in [-0.39, 0.29) is 30.2 Å².